The maximum absolute atomic E-state index is 14.2. The monoisotopic (exact) mass is 255 g/mol. The van der Waals surface area contributed by atoms with E-state index in [9.17, 15) is 13.9 Å². The summed E-state index contributed by atoms with van der Waals surface area (Å²) in [5.41, 5.74) is 0.333. The molecule has 1 heterocycles. The summed E-state index contributed by atoms with van der Waals surface area (Å²) in [6.45, 7) is 1.48. The van der Waals surface area contributed by atoms with Crippen LogP contribution in [0.4, 0.5) is 8.78 Å². The molecule has 1 aromatic carbocycles. The quantitative estimate of drug-likeness (QED) is 0.870. The molecule has 0 bridgehead atoms. The summed E-state index contributed by atoms with van der Waals surface area (Å²) in [5, 5.41) is 12.7. The van der Waals surface area contributed by atoms with Gasteiger partial charge >= 0.3 is 0 Å². The number of alkyl halides is 2. The average Bonchev–Trinajstić information content (AvgIpc) is 2.61. The van der Waals surface area contributed by atoms with Crippen LogP contribution in [0.2, 0.25) is 0 Å². The second kappa shape index (κ2) is 5.65. The maximum atomic E-state index is 14.2. The van der Waals surface area contributed by atoms with Crippen LogP contribution in [0.25, 0.3) is 0 Å². The van der Waals surface area contributed by atoms with Gasteiger partial charge < -0.3 is 10.4 Å². The lowest BCUT2D eigenvalue weighted by atomic mass is 9.89. The topological polar surface area (TPSA) is 32.3 Å². The Morgan fingerprint density at radius 1 is 1.22 bits per heavy atom. The Morgan fingerprint density at radius 3 is 2.78 bits per heavy atom. The molecule has 1 saturated heterocycles. The lowest BCUT2D eigenvalue weighted by molar-refractivity contribution is -0.0619. The lowest BCUT2D eigenvalue weighted by Gasteiger charge is -2.26. The number of hydrogen-bond acceptors (Lipinski definition) is 2. The zero-order valence-electron chi connectivity index (χ0n) is 10.3. The second-order valence-corrected chi connectivity index (χ2v) is 4.94. The van der Waals surface area contributed by atoms with Crippen LogP contribution in [-0.4, -0.2) is 24.1 Å². The van der Waals surface area contributed by atoms with Crippen molar-refractivity contribution in [3.63, 3.8) is 0 Å². The van der Waals surface area contributed by atoms with Gasteiger partial charge in [-0.1, -0.05) is 18.2 Å². The Morgan fingerprint density at radius 2 is 2.00 bits per heavy atom. The first-order chi connectivity index (χ1) is 8.59. The minimum atomic E-state index is -2.75. The number of hydrogen-bond donors (Lipinski definition) is 2. The van der Waals surface area contributed by atoms with Crippen molar-refractivity contribution in [3.05, 3.63) is 29.8 Å². The van der Waals surface area contributed by atoms with E-state index in [1.165, 1.54) is 6.07 Å². The van der Waals surface area contributed by atoms with Crippen molar-refractivity contribution in [3.8, 4) is 5.75 Å². The van der Waals surface area contributed by atoms with Crippen LogP contribution in [-0.2, 0) is 6.42 Å². The number of aromatic hydroxyl groups is 1. The molecule has 0 aliphatic carbocycles. The van der Waals surface area contributed by atoms with E-state index in [1.807, 2.05) is 0 Å². The van der Waals surface area contributed by atoms with E-state index in [0.29, 0.717) is 24.9 Å². The molecular weight excluding hydrogens is 236 g/mol. The van der Waals surface area contributed by atoms with Gasteiger partial charge in [0.15, 0.2) is 0 Å². The van der Waals surface area contributed by atoms with E-state index in [2.05, 4.69) is 5.32 Å². The molecule has 0 aromatic heterocycles. The van der Waals surface area contributed by atoms with Crippen molar-refractivity contribution < 1.29 is 13.9 Å². The Labute approximate surface area is 106 Å². The second-order valence-electron chi connectivity index (χ2n) is 4.94. The highest BCUT2D eigenvalue weighted by atomic mass is 19.3. The van der Waals surface area contributed by atoms with Crippen molar-refractivity contribution in [2.45, 2.75) is 31.6 Å². The van der Waals surface area contributed by atoms with E-state index in [0.717, 1.165) is 13.0 Å². The van der Waals surface area contributed by atoms with Crippen LogP contribution in [0.5, 0.6) is 5.75 Å². The zero-order chi connectivity index (χ0) is 13.0. The third-order valence-electron chi connectivity index (χ3n) is 3.59. The predicted molar refractivity (Wildman–Crippen MR) is 67.0 cm³/mol. The summed E-state index contributed by atoms with van der Waals surface area (Å²) >= 11 is 0. The van der Waals surface area contributed by atoms with Gasteiger partial charge in [-0.3, -0.25) is 0 Å². The first-order valence-electron chi connectivity index (χ1n) is 6.45. The van der Waals surface area contributed by atoms with Gasteiger partial charge in [-0.05, 0) is 44.0 Å². The number of halogens is 2. The molecule has 1 aliphatic heterocycles. The normalized spacial score (nSPS) is 21.6. The number of para-hydroxylation sites is 1. The molecule has 100 valence electrons. The number of benzene rings is 1. The number of phenolic OH excluding ortho intramolecular Hbond substituents is 1. The largest absolute Gasteiger partial charge is 0.508 e. The first kappa shape index (κ1) is 13.3. The molecule has 0 spiro atoms. The number of rotatable bonds is 3. The molecule has 1 fully saturated rings. The molecule has 18 heavy (non-hydrogen) atoms. The lowest BCUT2D eigenvalue weighted by Crippen LogP contribution is -2.31. The Bertz CT molecular complexity index is 387. The van der Waals surface area contributed by atoms with Crippen LogP contribution in [0.15, 0.2) is 24.3 Å². The highest BCUT2D eigenvalue weighted by Gasteiger charge is 2.39. The predicted octanol–water partition coefficient (Wildman–Crippen LogP) is 2.96. The fourth-order valence-electron chi connectivity index (χ4n) is 2.50. The third-order valence-corrected chi connectivity index (χ3v) is 3.59. The summed E-state index contributed by atoms with van der Waals surface area (Å²) in [5.74, 6) is -3.37. The Kier molecular flexibility index (Phi) is 4.17. The van der Waals surface area contributed by atoms with Gasteiger partial charge in [0.1, 0.15) is 5.75 Å². The average molecular weight is 255 g/mol. The third kappa shape index (κ3) is 3.19. The maximum Gasteiger partial charge on any atom is 0.255 e. The summed E-state index contributed by atoms with van der Waals surface area (Å²) in [7, 11) is 0. The van der Waals surface area contributed by atoms with Gasteiger partial charge in [-0.15, -0.1) is 0 Å². The van der Waals surface area contributed by atoms with Gasteiger partial charge in [0, 0.05) is 12.3 Å². The molecule has 1 unspecified atom stereocenters. The van der Waals surface area contributed by atoms with Crippen molar-refractivity contribution >= 4 is 0 Å². The highest BCUT2D eigenvalue weighted by molar-refractivity contribution is 5.32. The van der Waals surface area contributed by atoms with E-state index in [1.54, 1.807) is 18.2 Å². The van der Waals surface area contributed by atoms with Crippen LogP contribution in [0.1, 0.15) is 24.8 Å². The molecule has 2 N–H and O–H groups in total. The molecular formula is C14H19F2NO. The fraction of sp³-hybridized carbons (Fsp3) is 0.571. The molecule has 2 rings (SSSR count). The molecule has 1 aromatic rings. The van der Waals surface area contributed by atoms with Gasteiger partial charge in [-0.25, -0.2) is 8.78 Å². The molecule has 2 nitrogen and oxygen atoms in total. The Hall–Kier alpha value is -1.16. The van der Waals surface area contributed by atoms with Gasteiger partial charge in [0.2, 0.25) is 0 Å². The van der Waals surface area contributed by atoms with Gasteiger partial charge in [-0.2, -0.15) is 0 Å². The number of nitrogens with one attached hydrogen (secondary N) is 1. The standard InChI is InChI=1S/C14H19F2NO/c15-14(16,12-5-3-8-17-9-7-12)10-11-4-1-2-6-13(11)18/h1-2,4,6,12,17-18H,3,5,7-10H2. The zero-order valence-corrected chi connectivity index (χ0v) is 10.3. The minimum Gasteiger partial charge on any atom is -0.508 e. The SMILES string of the molecule is Oc1ccccc1CC(F)(F)C1CCCNCC1. The summed E-state index contributed by atoms with van der Waals surface area (Å²) < 4.78 is 28.4. The highest BCUT2D eigenvalue weighted by Crippen LogP contribution is 2.36. The van der Waals surface area contributed by atoms with Crippen molar-refractivity contribution in [1.82, 2.24) is 5.32 Å². The van der Waals surface area contributed by atoms with Crippen LogP contribution in [0, 0.1) is 5.92 Å². The van der Waals surface area contributed by atoms with Crippen LogP contribution < -0.4 is 5.32 Å². The van der Waals surface area contributed by atoms with E-state index in [-0.39, 0.29) is 12.2 Å². The molecule has 0 radical (unpaired) electrons. The van der Waals surface area contributed by atoms with E-state index < -0.39 is 11.8 Å². The van der Waals surface area contributed by atoms with Crippen LogP contribution >= 0.6 is 0 Å². The molecule has 0 saturated carbocycles. The number of phenols is 1. The molecule has 4 heteroatoms. The minimum absolute atomic E-state index is 0.0380. The van der Waals surface area contributed by atoms with Gasteiger partial charge in [0.25, 0.3) is 5.92 Å². The Balaban J connectivity index is 2.08. The summed E-state index contributed by atoms with van der Waals surface area (Å²) in [4.78, 5) is 0. The summed E-state index contributed by atoms with van der Waals surface area (Å²) in [6.07, 6.45) is 1.47. The van der Waals surface area contributed by atoms with Crippen LogP contribution in [0.3, 0.4) is 0 Å². The van der Waals surface area contributed by atoms with Crippen molar-refractivity contribution in [2.75, 3.05) is 13.1 Å². The van der Waals surface area contributed by atoms with E-state index >= 15 is 0 Å². The summed E-state index contributed by atoms with van der Waals surface area (Å²) in [6, 6.07) is 6.35. The van der Waals surface area contributed by atoms with Crippen molar-refractivity contribution in [2.24, 2.45) is 5.92 Å². The van der Waals surface area contributed by atoms with Gasteiger partial charge in [0.05, 0.1) is 0 Å². The smallest absolute Gasteiger partial charge is 0.255 e. The molecule has 1 atom stereocenters. The molecule has 1 aliphatic rings. The van der Waals surface area contributed by atoms with E-state index in [4.69, 9.17) is 0 Å². The van der Waals surface area contributed by atoms with Crippen molar-refractivity contribution in [1.29, 1.82) is 0 Å². The first-order valence-corrected chi connectivity index (χ1v) is 6.45. The fourth-order valence-corrected chi connectivity index (χ4v) is 2.50. The molecule has 0 amide bonds.